The standard InChI is InChI=1S/C10H9F3N2O2/c1-2-9(17)15-8-3-7(10(11,12)13)6(5-16)4-14-8/h3-5H,2H2,1H3,(H,14,15,17). The number of carbonyl (C=O) groups excluding carboxylic acids is 2. The van der Waals surface area contributed by atoms with Gasteiger partial charge in [-0.2, -0.15) is 13.2 Å². The van der Waals surface area contributed by atoms with Crippen LogP contribution in [0.1, 0.15) is 29.3 Å². The molecule has 0 saturated heterocycles. The number of halogens is 3. The van der Waals surface area contributed by atoms with Crippen molar-refractivity contribution in [3.05, 3.63) is 23.4 Å². The van der Waals surface area contributed by atoms with Crippen LogP contribution in [0.2, 0.25) is 0 Å². The lowest BCUT2D eigenvalue weighted by atomic mass is 10.1. The minimum absolute atomic E-state index is 0.0707. The number of carbonyl (C=O) groups is 2. The third-order valence-electron chi connectivity index (χ3n) is 1.96. The molecule has 0 aliphatic carbocycles. The molecule has 92 valence electrons. The topological polar surface area (TPSA) is 59.1 Å². The smallest absolute Gasteiger partial charge is 0.311 e. The van der Waals surface area contributed by atoms with Crippen molar-refractivity contribution in [3.8, 4) is 0 Å². The van der Waals surface area contributed by atoms with Gasteiger partial charge in [0.1, 0.15) is 5.82 Å². The van der Waals surface area contributed by atoms with E-state index in [1.165, 1.54) is 0 Å². The van der Waals surface area contributed by atoms with Gasteiger partial charge in [0.25, 0.3) is 0 Å². The zero-order valence-electron chi connectivity index (χ0n) is 8.84. The van der Waals surface area contributed by atoms with Gasteiger partial charge in [-0.15, -0.1) is 0 Å². The van der Waals surface area contributed by atoms with Crippen LogP contribution < -0.4 is 5.32 Å². The molecule has 1 amide bonds. The summed E-state index contributed by atoms with van der Waals surface area (Å²) in [6.45, 7) is 1.56. The highest BCUT2D eigenvalue weighted by atomic mass is 19.4. The molecule has 0 bridgehead atoms. The number of nitrogens with zero attached hydrogens (tertiary/aromatic N) is 1. The second-order valence-corrected chi connectivity index (χ2v) is 3.17. The lowest BCUT2D eigenvalue weighted by Gasteiger charge is -2.10. The van der Waals surface area contributed by atoms with Crippen molar-refractivity contribution in [2.24, 2.45) is 0 Å². The number of hydrogen-bond acceptors (Lipinski definition) is 3. The van der Waals surface area contributed by atoms with Crippen LogP contribution >= 0.6 is 0 Å². The van der Waals surface area contributed by atoms with E-state index in [-0.39, 0.29) is 18.5 Å². The zero-order chi connectivity index (χ0) is 13.1. The first-order valence-electron chi connectivity index (χ1n) is 4.70. The summed E-state index contributed by atoms with van der Waals surface area (Å²) in [4.78, 5) is 25.0. The highest BCUT2D eigenvalue weighted by Gasteiger charge is 2.34. The van der Waals surface area contributed by atoms with Crippen LogP contribution in [0.15, 0.2) is 12.3 Å². The molecule has 17 heavy (non-hydrogen) atoms. The molecular weight excluding hydrogens is 237 g/mol. The van der Waals surface area contributed by atoms with Gasteiger partial charge >= 0.3 is 6.18 Å². The molecule has 0 saturated carbocycles. The Morgan fingerprint density at radius 2 is 2.18 bits per heavy atom. The number of aldehydes is 1. The molecule has 0 aliphatic rings. The van der Waals surface area contributed by atoms with Gasteiger partial charge in [-0.25, -0.2) is 4.98 Å². The van der Waals surface area contributed by atoms with Crippen LogP contribution in [0.5, 0.6) is 0 Å². The van der Waals surface area contributed by atoms with E-state index >= 15 is 0 Å². The fourth-order valence-electron chi connectivity index (χ4n) is 1.10. The minimum Gasteiger partial charge on any atom is -0.311 e. The van der Waals surface area contributed by atoms with Gasteiger partial charge in [0, 0.05) is 18.2 Å². The van der Waals surface area contributed by atoms with Crippen LogP contribution in [-0.2, 0) is 11.0 Å². The first-order chi connectivity index (χ1) is 7.88. The Bertz CT molecular complexity index is 444. The van der Waals surface area contributed by atoms with Crippen LogP contribution in [0.25, 0.3) is 0 Å². The molecule has 0 fully saturated rings. The molecule has 1 heterocycles. The van der Waals surface area contributed by atoms with E-state index in [1.54, 1.807) is 6.92 Å². The average molecular weight is 246 g/mol. The molecule has 1 rings (SSSR count). The monoisotopic (exact) mass is 246 g/mol. The number of anilines is 1. The van der Waals surface area contributed by atoms with E-state index in [1.807, 2.05) is 0 Å². The lowest BCUT2D eigenvalue weighted by Crippen LogP contribution is -2.14. The third kappa shape index (κ3) is 3.27. The van der Waals surface area contributed by atoms with Crippen LogP contribution in [0.3, 0.4) is 0 Å². The maximum absolute atomic E-state index is 12.5. The highest BCUT2D eigenvalue weighted by molar-refractivity contribution is 5.90. The van der Waals surface area contributed by atoms with Crippen molar-refractivity contribution in [1.29, 1.82) is 0 Å². The van der Waals surface area contributed by atoms with E-state index < -0.39 is 23.2 Å². The molecule has 0 unspecified atom stereocenters. The summed E-state index contributed by atoms with van der Waals surface area (Å²) in [6.07, 6.45) is -3.69. The summed E-state index contributed by atoms with van der Waals surface area (Å²) in [5.41, 5.74) is -1.68. The number of alkyl halides is 3. The maximum atomic E-state index is 12.5. The SMILES string of the molecule is CCC(=O)Nc1cc(C(F)(F)F)c(C=O)cn1. The van der Waals surface area contributed by atoms with Crippen molar-refractivity contribution in [2.75, 3.05) is 5.32 Å². The highest BCUT2D eigenvalue weighted by Crippen LogP contribution is 2.32. The number of aromatic nitrogens is 1. The van der Waals surface area contributed by atoms with Gasteiger partial charge in [-0.1, -0.05) is 6.92 Å². The largest absolute Gasteiger partial charge is 0.417 e. The predicted molar refractivity (Wildman–Crippen MR) is 53.5 cm³/mol. The predicted octanol–water partition coefficient (Wildman–Crippen LogP) is 2.26. The lowest BCUT2D eigenvalue weighted by molar-refractivity contribution is -0.137. The number of amides is 1. The summed E-state index contributed by atoms with van der Waals surface area (Å²) in [6, 6.07) is 0.636. The number of hydrogen-bond donors (Lipinski definition) is 1. The average Bonchev–Trinajstić information content (AvgIpc) is 2.27. The van der Waals surface area contributed by atoms with Crippen LogP contribution in [0.4, 0.5) is 19.0 Å². The Balaban J connectivity index is 3.14. The summed E-state index contributed by atoms with van der Waals surface area (Å²) in [5.74, 6) is -0.681. The van der Waals surface area contributed by atoms with Gasteiger partial charge in [-0.3, -0.25) is 9.59 Å². The van der Waals surface area contributed by atoms with Gasteiger partial charge in [0.15, 0.2) is 6.29 Å². The second kappa shape index (κ2) is 4.94. The Morgan fingerprint density at radius 3 is 2.65 bits per heavy atom. The molecule has 0 atom stereocenters. The van der Waals surface area contributed by atoms with Crippen molar-refractivity contribution in [1.82, 2.24) is 4.98 Å². The van der Waals surface area contributed by atoms with Crippen LogP contribution in [-0.4, -0.2) is 17.2 Å². The van der Waals surface area contributed by atoms with E-state index in [2.05, 4.69) is 10.3 Å². The molecular formula is C10H9F3N2O2. The summed E-state index contributed by atoms with van der Waals surface area (Å²) >= 11 is 0. The number of pyridine rings is 1. The molecule has 1 N–H and O–H groups in total. The molecule has 0 aromatic carbocycles. The Morgan fingerprint density at radius 1 is 1.53 bits per heavy atom. The summed E-state index contributed by atoms with van der Waals surface area (Å²) in [5, 5.41) is 2.19. The second-order valence-electron chi connectivity index (χ2n) is 3.17. The number of nitrogens with one attached hydrogen (secondary N) is 1. The van der Waals surface area contributed by atoms with Crippen molar-refractivity contribution in [3.63, 3.8) is 0 Å². The van der Waals surface area contributed by atoms with Crippen molar-refractivity contribution in [2.45, 2.75) is 19.5 Å². The molecule has 0 radical (unpaired) electrons. The maximum Gasteiger partial charge on any atom is 0.417 e. The molecule has 1 aromatic heterocycles. The van der Waals surface area contributed by atoms with Crippen molar-refractivity contribution >= 4 is 18.0 Å². The molecule has 0 aliphatic heterocycles. The molecule has 1 aromatic rings. The van der Waals surface area contributed by atoms with Crippen LogP contribution in [0, 0.1) is 0 Å². The zero-order valence-corrected chi connectivity index (χ0v) is 8.84. The van der Waals surface area contributed by atoms with Gasteiger partial charge < -0.3 is 5.32 Å². The summed E-state index contributed by atoms with van der Waals surface area (Å²) in [7, 11) is 0. The quantitative estimate of drug-likeness (QED) is 0.832. The molecule has 7 heteroatoms. The van der Waals surface area contributed by atoms with E-state index in [0.717, 1.165) is 6.20 Å². The minimum atomic E-state index is -4.66. The van der Waals surface area contributed by atoms with E-state index in [4.69, 9.17) is 0 Å². The summed E-state index contributed by atoms with van der Waals surface area (Å²) < 4.78 is 37.6. The normalized spacial score (nSPS) is 11.1. The molecule has 4 nitrogen and oxygen atoms in total. The molecule has 0 spiro atoms. The Labute approximate surface area is 94.8 Å². The van der Waals surface area contributed by atoms with Gasteiger partial charge in [0.2, 0.25) is 5.91 Å². The van der Waals surface area contributed by atoms with Gasteiger partial charge in [-0.05, 0) is 6.07 Å². The first kappa shape index (κ1) is 13.1. The first-order valence-corrected chi connectivity index (χ1v) is 4.70. The fourth-order valence-corrected chi connectivity index (χ4v) is 1.10. The number of rotatable bonds is 3. The Kier molecular flexibility index (Phi) is 3.82. The third-order valence-corrected chi connectivity index (χ3v) is 1.96. The van der Waals surface area contributed by atoms with Crippen molar-refractivity contribution < 1.29 is 22.8 Å². The van der Waals surface area contributed by atoms with E-state index in [9.17, 15) is 22.8 Å². The fraction of sp³-hybridized carbons (Fsp3) is 0.300. The van der Waals surface area contributed by atoms with E-state index in [0.29, 0.717) is 6.07 Å². The Hall–Kier alpha value is -1.92. The van der Waals surface area contributed by atoms with Gasteiger partial charge in [0.05, 0.1) is 5.56 Å².